The molecular formula is C16H22FNO5S. The first-order chi connectivity index (χ1) is 11.2. The topological polar surface area (TPSA) is 89.5 Å². The van der Waals surface area contributed by atoms with Gasteiger partial charge in [-0.15, -0.1) is 0 Å². The molecule has 8 heteroatoms. The number of esters is 1. The van der Waals surface area contributed by atoms with Crippen LogP contribution in [0.25, 0.3) is 0 Å². The minimum Gasteiger partial charge on any atom is -0.456 e. The van der Waals surface area contributed by atoms with Crippen LogP contribution in [-0.4, -0.2) is 39.2 Å². The molecule has 1 rings (SSSR count). The molecule has 1 N–H and O–H groups in total. The molecule has 1 amide bonds. The Kier molecular flexibility index (Phi) is 7.84. The van der Waals surface area contributed by atoms with Crippen LogP contribution < -0.4 is 5.32 Å². The van der Waals surface area contributed by atoms with Crippen LogP contribution in [0.15, 0.2) is 29.2 Å². The molecule has 0 atom stereocenters. The maximum absolute atomic E-state index is 12.8. The van der Waals surface area contributed by atoms with Crippen molar-refractivity contribution < 1.29 is 27.1 Å². The number of carbonyl (C=O) groups is 2. The van der Waals surface area contributed by atoms with E-state index in [-0.39, 0.29) is 11.3 Å². The van der Waals surface area contributed by atoms with E-state index in [2.05, 4.69) is 5.32 Å². The average Bonchev–Trinajstić information content (AvgIpc) is 2.51. The van der Waals surface area contributed by atoms with Gasteiger partial charge in [-0.3, -0.25) is 9.59 Å². The molecule has 0 aliphatic carbocycles. The smallest absolute Gasteiger partial charge is 0.307 e. The Morgan fingerprint density at radius 3 is 2.42 bits per heavy atom. The van der Waals surface area contributed by atoms with E-state index in [1.165, 1.54) is 0 Å². The zero-order valence-corrected chi connectivity index (χ0v) is 14.6. The van der Waals surface area contributed by atoms with Crippen molar-refractivity contribution in [3.63, 3.8) is 0 Å². The van der Waals surface area contributed by atoms with Crippen LogP contribution in [0.3, 0.4) is 0 Å². The van der Waals surface area contributed by atoms with E-state index in [9.17, 15) is 22.4 Å². The van der Waals surface area contributed by atoms with Crippen molar-refractivity contribution in [2.45, 2.75) is 31.6 Å². The normalized spacial score (nSPS) is 11.3. The van der Waals surface area contributed by atoms with Crippen molar-refractivity contribution >= 4 is 21.7 Å². The predicted octanol–water partition coefficient (Wildman–Crippen LogP) is 1.69. The predicted molar refractivity (Wildman–Crippen MR) is 86.5 cm³/mol. The number of sulfone groups is 1. The van der Waals surface area contributed by atoms with Crippen molar-refractivity contribution in [1.82, 2.24) is 5.32 Å². The number of benzene rings is 1. The van der Waals surface area contributed by atoms with E-state index in [1.54, 1.807) is 0 Å². The molecule has 1 aromatic rings. The average molecular weight is 359 g/mol. The largest absolute Gasteiger partial charge is 0.456 e. The van der Waals surface area contributed by atoms with E-state index in [0.717, 1.165) is 30.7 Å². The van der Waals surface area contributed by atoms with Crippen LogP contribution in [0.2, 0.25) is 0 Å². The highest BCUT2D eigenvalue weighted by Crippen LogP contribution is 2.13. The quantitative estimate of drug-likeness (QED) is 0.535. The third-order valence-corrected chi connectivity index (χ3v) is 4.89. The van der Waals surface area contributed by atoms with Gasteiger partial charge in [0.15, 0.2) is 16.4 Å². The second-order valence-electron chi connectivity index (χ2n) is 5.72. The van der Waals surface area contributed by atoms with Gasteiger partial charge in [0.25, 0.3) is 5.91 Å². The molecule has 0 saturated heterocycles. The number of hydrogen-bond acceptors (Lipinski definition) is 5. The van der Waals surface area contributed by atoms with Gasteiger partial charge in [0.05, 0.1) is 17.1 Å². The summed E-state index contributed by atoms with van der Waals surface area (Å²) in [4.78, 5) is 22.9. The summed E-state index contributed by atoms with van der Waals surface area (Å²) in [5, 5.41) is 2.60. The van der Waals surface area contributed by atoms with E-state index < -0.39 is 39.9 Å². The van der Waals surface area contributed by atoms with Crippen molar-refractivity contribution in [2.24, 2.45) is 5.92 Å². The van der Waals surface area contributed by atoms with E-state index in [4.69, 9.17) is 4.74 Å². The summed E-state index contributed by atoms with van der Waals surface area (Å²) in [6.45, 7) is 4.10. The highest BCUT2D eigenvalue weighted by molar-refractivity contribution is 7.91. The third-order valence-electron chi connectivity index (χ3n) is 3.16. The van der Waals surface area contributed by atoms with Gasteiger partial charge in [-0.1, -0.05) is 13.8 Å². The fraction of sp³-hybridized carbons (Fsp3) is 0.500. The highest BCUT2D eigenvalue weighted by atomic mass is 32.2. The molecule has 0 fully saturated rings. The lowest BCUT2D eigenvalue weighted by Crippen LogP contribution is -2.30. The summed E-state index contributed by atoms with van der Waals surface area (Å²) in [5.41, 5.74) is 0. The van der Waals surface area contributed by atoms with Crippen LogP contribution >= 0.6 is 0 Å². The molecule has 0 bridgehead atoms. The Balaban J connectivity index is 2.35. The first-order valence-corrected chi connectivity index (χ1v) is 9.26. The lowest BCUT2D eigenvalue weighted by Gasteiger charge is -2.08. The first kappa shape index (κ1) is 20.1. The minimum atomic E-state index is -3.70. The van der Waals surface area contributed by atoms with Gasteiger partial charge in [-0.2, -0.15) is 0 Å². The Bertz CT molecular complexity index is 656. The molecule has 0 heterocycles. The molecule has 1 aromatic carbocycles. The van der Waals surface area contributed by atoms with Crippen molar-refractivity contribution in [3.8, 4) is 0 Å². The summed E-state index contributed by atoms with van der Waals surface area (Å²) in [6, 6.07) is 4.34. The fourth-order valence-electron chi connectivity index (χ4n) is 1.75. The molecule has 134 valence electrons. The zero-order chi connectivity index (χ0) is 18.2. The van der Waals surface area contributed by atoms with Gasteiger partial charge in [-0.05, 0) is 36.6 Å². The van der Waals surface area contributed by atoms with Gasteiger partial charge in [0, 0.05) is 6.54 Å². The minimum absolute atomic E-state index is 0.0665. The lowest BCUT2D eigenvalue weighted by atomic mass is 10.1. The molecule has 0 radical (unpaired) electrons. The van der Waals surface area contributed by atoms with Gasteiger partial charge in [0.1, 0.15) is 5.82 Å². The summed E-state index contributed by atoms with van der Waals surface area (Å²) in [6.07, 6.45) is 0.439. The molecule has 0 aromatic heterocycles. The Labute approximate surface area is 141 Å². The van der Waals surface area contributed by atoms with Crippen molar-refractivity contribution in [3.05, 3.63) is 30.1 Å². The van der Waals surface area contributed by atoms with Gasteiger partial charge < -0.3 is 10.1 Å². The van der Waals surface area contributed by atoms with E-state index in [0.29, 0.717) is 12.5 Å². The summed E-state index contributed by atoms with van der Waals surface area (Å²) >= 11 is 0. The van der Waals surface area contributed by atoms with Crippen molar-refractivity contribution in [2.75, 3.05) is 18.9 Å². The number of rotatable bonds is 9. The SMILES string of the molecule is CC(C)CCNC(=O)COC(=O)CCS(=O)(=O)c1ccc(F)cc1. The summed E-state index contributed by atoms with van der Waals surface area (Å²) in [5.74, 6) is -1.77. The Morgan fingerprint density at radius 1 is 1.21 bits per heavy atom. The van der Waals surface area contributed by atoms with Gasteiger partial charge in [-0.25, -0.2) is 12.8 Å². The molecule has 0 aliphatic rings. The molecule has 0 aliphatic heterocycles. The molecule has 0 saturated carbocycles. The fourth-order valence-corrected chi connectivity index (χ4v) is 2.97. The molecule has 24 heavy (non-hydrogen) atoms. The number of halogens is 1. The van der Waals surface area contributed by atoms with Crippen LogP contribution in [0.5, 0.6) is 0 Å². The number of amides is 1. The molecule has 0 spiro atoms. The molecule has 6 nitrogen and oxygen atoms in total. The van der Waals surface area contributed by atoms with Crippen LogP contribution in [0.1, 0.15) is 26.7 Å². The summed E-state index contributed by atoms with van der Waals surface area (Å²) in [7, 11) is -3.70. The lowest BCUT2D eigenvalue weighted by molar-refractivity contribution is -0.148. The monoisotopic (exact) mass is 359 g/mol. The maximum Gasteiger partial charge on any atom is 0.307 e. The van der Waals surface area contributed by atoms with Crippen LogP contribution in [0.4, 0.5) is 4.39 Å². The first-order valence-electron chi connectivity index (χ1n) is 7.61. The number of carbonyl (C=O) groups excluding carboxylic acids is 2. The van der Waals surface area contributed by atoms with Crippen molar-refractivity contribution in [1.29, 1.82) is 0 Å². The Morgan fingerprint density at radius 2 is 1.83 bits per heavy atom. The second-order valence-corrected chi connectivity index (χ2v) is 7.83. The zero-order valence-electron chi connectivity index (χ0n) is 13.7. The third kappa shape index (κ3) is 7.54. The van der Waals surface area contributed by atoms with Crippen LogP contribution in [-0.2, 0) is 24.2 Å². The standard InChI is InChI=1S/C16H22FNO5S/c1-12(2)7-9-18-15(19)11-23-16(20)8-10-24(21,22)14-5-3-13(17)4-6-14/h3-6,12H,7-11H2,1-2H3,(H,18,19). The molecular weight excluding hydrogens is 337 g/mol. The number of hydrogen-bond donors (Lipinski definition) is 1. The Hall–Kier alpha value is -1.96. The highest BCUT2D eigenvalue weighted by Gasteiger charge is 2.17. The second kappa shape index (κ2) is 9.36. The molecule has 0 unspecified atom stereocenters. The van der Waals surface area contributed by atoms with Gasteiger partial charge >= 0.3 is 5.97 Å². The van der Waals surface area contributed by atoms with E-state index in [1.807, 2.05) is 13.8 Å². The van der Waals surface area contributed by atoms with Gasteiger partial charge in [0.2, 0.25) is 0 Å². The number of nitrogens with one attached hydrogen (secondary N) is 1. The maximum atomic E-state index is 12.8. The summed E-state index contributed by atoms with van der Waals surface area (Å²) < 4.78 is 41.5. The number of ether oxygens (including phenoxy) is 1. The van der Waals surface area contributed by atoms with E-state index >= 15 is 0 Å². The van der Waals surface area contributed by atoms with Crippen LogP contribution in [0, 0.1) is 11.7 Å².